The minimum Gasteiger partial charge on any atom is -0.350 e. The molecule has 2 aliphatic rings. The van der Waals surface area contributed by atoms with Gasteiger partial charge in [0.1, 0.15) is 5.82 Å². The Labute approximate surface area is 166 Å². The van der Waals surface area contributed by atoms with Crippen LogP contribution in [0.2, 0.25) is 0 Å². The lowest BCUT2D eigenvalue weighted by atomic mass is 9.94. The first-order chi connectivity index (χ1) is 13.6. The molecule has 3 amide bonds. The minimum atomic E-state index is -0.376. The van der Waals surface area contributed by atoms with Crippen LogP contribution in [-0.4, -0.2) is 55.6 Å². The number of amides is 3. The molecular weight excluding hydrogens is 359 g/mol. The smallest absolute Gasteiger partial charge is 0.314 e. The molecule has 1 atom stereocenters. The summed E-state index contributed by atoms with van der Waals surface area (Å²) in [4.78, 5) is 26.4. The first-order valence-electron chi connectivity index (χ1n) is 10.4. The summed E-state index contributed by atoms with van der Waals surface area (Å²) >= 11 is 0. The van der Waals surface area contributed by atoms with E-state index in [1.807, 2.05) is 0 Å². The maximum absolute atomic E-state index is 12.9. The molecule has 0 spiro atoms. The standard InChI is InChI=1S/C21H31FN4O2/c22-18-8-6-17(7-9-18)20(27)23-11-12-24-21(28)25-14-16-10-13-26(15-16)19-4-2-1-3-5-19/h6-9,16,19H,1-5,10-15H2,(H,23,27)(H2,24,25,28)/t16-/m1/s1. The number of hydrogen-bond donors (Lipinski definition) is 3. The molecule has 0 unspecified atom stereocenters. The molecule has 6 nitrogen and oxygen atoms in total. The molecular formula is C21H31FN4O2. The number of carbonyl (C=O) groups excluding carboxylic acids is 2. The SMILES string of the molecule is O=C(NCCNC(=O)c1ccc(F)cc1)NC[C@H]1CCN(C2CCCCC2)C1. The van der Waals surface area contributed by atoms with Crippen molar-refractivity contribution in [2.24, 2.45) is 5.92 Å². The van der Waals surface area contributed by atoms with Gasteiger partial charge < -0.3 is 20.9 Å². The summed E-state index contributed by atoms with van der Waals surface area (Å²) in [7, 11) is 0. The Hall–Kier alpha value is -2.15. The van der Waals surface area contributed by atoms with Gasteiger partial charge in [0, 0.05) is 37.8 Å². The molecule has 0 aromatic heterocycles. The number of likely N-dealkylation sites (tertiary alicyclic amines) is 1. The van der Waals surface area contributed by atoms with Crippen LogP contribution in [0.4, 0.5) is 9.18 Å². The summed E-state index contributed by atoms with van der Waals surface area (Å²) < 4.78 is 12.9. The predicted molar refractivity (Wildman–Crippen MR) is 107 cm³/mol. The Morgan fingerprint density at radius 1 is 0.964 bits per heavy atom. The molecule has 3 rings (SSSR count). The lowest BCUT2D eigenvalue weighted by Crippen LogP contribution is -2.42. The van der Waals surface area contributed by atoms with Crippen molar-refractivity contribution in [3.8, 4) is 0 Å². The van der Waals surface area contributed by atoms with E-state index in [9.17, 15) is 14.0 Å². The van der Waals surface area contributed by atoms with Crippen LogP contribution in [-0.2, 0) is 0 Å². The van der Waals surface area contributed by atoms with Gasteiger partial charge in [0.05, 0.1) is 0 Å². The molecule has 1 aromatic carbocycles. The highest BCUT2D eigenvalue weighted by Crippen LogP contribution is 2.27. The van der Waals surface area contributed by atoms with Gasteiger partial charge in [-0.05, 0) is 56.0 Å². The quantitative estimate of drug-likeness (QED) is 0.627. The van der Waals surface area contributed by atoms with Crippen LogP contribution in [0.1, 0.15) is 48.9 Å². The van der Waals surface area contributed by atoms with Crippen LogP contribution in [0.5, 0.6) is 0 Å². The Morgan fingerprint density at radius 3 is 2.43 bits per heavy atom. The third kappa shape index (κ3) is 6.19. The van der Waals surface area contributed by atoms with E-state index in [-0.39, 0.29) is 17.8 Å². The molecule has 1 saturated carbocycles. The van der Waals surface area contributed by atoms with E-state index < -0.39 is 0 Å². The van der Waals surface area contributed by atoms with Gasteiger partial charge in [-0.15, -0.1) is 0 Å². The average Bonchev–Trinajstić information content (AvgIpc) is 3.20. The van der Waals surface area contributed by atoms with Gasteiger partial charge in [-0.25, -0.2) is 9.18 Å². The number of carbonyl (C=O) groups is 2. The molecule has 1 saturated heterocycles. The van der Waals surface area contributed by atoms with Crippen LogP contribution in [0.15, 0.2) is 24.3 Å². The van der Waals surface area contributed by atoms with E-state index in [0.29, 0.717) is 31.1 Å². The molecule has 28 heavy (non-hydrogen) atoms. The zero-order valence-electron chi connectivity index (χ0n) is 16.4. The summed E-state index contributed by atoms with van der Waals surface area (Å²) in [5.41, 5.74) is 0.398. The van der Waals surface area contributed by atoms with E-state index in [4.69, 9.17) is 0 Å². The zero-order valence-corrected chi connectivity index (χ0v) is 16.4. The zero-order chi connectivity index (χ0) is 19.8. The lowest BCUT2D eigenvalue weighted by molar-refractivity contribution is 0.0953. The van der Waals surface area contributed by atoms with Crippen LogP contribution in [0.3, 0.4) is 0 Å². The van der Waals surface area contributed by atoms with Gasteiger partial charge in [0.2, 0.25) is 0 Å². The Bertz CT molecular complexity index is 646. The van der Waals surface area contributed by atoms with Gasteiger partial charge in [0.25, 0.3) is 5.91 Å². The second-order valence-electron chi connectivity index (χ2n) is 7.84. The summed E-state index contributed by atoms with van der Waals surface area (Å²) in [6.07, 6.45) is 7.87. The maximum atomic E-state index is 12.9. The second-order valence-corrected chi connectivity index (χ2v) is 7.84. The number of benzene rings is 1. The van der Waals surface area contributed by atoms with E-state index in [2.05, 4.69) is 20.9 Å². The second kappa shape index (κ2) is 10.4. The third-order valence-electron chi connectivity index (χ3n) is 5.76. The van der Waals surface area contributed by atoms with Crippen molar-refractivity contribution in [3.05, 3.63) is 35.6 Å². The van der Waals surface area contributed by atoms with E-state index >= 15 is 0 Å². The maximum Gasteiger partial charge on any atom is 0.314 e. The van der Waals surface area contributed by atoms with Crippen LogP contribution in [0.25, 0.3) is 0 Å². The number of urea groups is 1. The highest BCUT2D eigenvalue weighted by atomic mass is 19.1. The molecule has 154 valence electrons. The summed E-state index contributed by atoms with van der Waals surface area (Å²) in [6, 6.07) is 5.91. The van der Waals surface area contributed by atoms with Crippen molar-refractivity contribution in [2.75, 3.05) is 32.7 Å². The fourth-order valence-corrected chi connectivity index (χ4v) is 4.16. The van der Waals surface area contributed by atoms with Crippen molar-refractivity contribution in [3.63, 3.8) is 0 Å². The van der Waals surface area contributed by atoms with Gasteiger partial charge in [-0.1, -0.05) is 19.3 Å². The number of nitrogens with one attached hydrogen (secondary N) is 3. The molecule has 1 aromatic rings. The monoisotopic (exact) mass is 390 g/mol. The van der Waals surface area contributed by atoms with Crippen LogP contribution < -0.4 is 16.0 Å². The van der Waals surface area contributed by atoms with Gasteiger partial charge >= 0.3 is 6.03 Å². The van der Waals surface area contributed by atoms with Crippen LogP contribution >= 0.6 is 0 Å². The first kappa shape index (κ1) is 20.6. The van der Waals surface area contributed by atoms with Crippen molar-refractivity contribution >= 4 is 11.9 Å². The predicted octanol–water partition coefficient (Wildman–Crippen LogP) is 2.51. The van der Waals surface area contributed by atoms with Crippen molar-refractivity contribution < 1.29 is 14.0 Å². The summed E-state index contributed by atoms with van der Waals surface area (Å²) in [6.45, 7) is 3.59. The van der Waals surface area contributed by atoms with Crippen molar-refractivity contribution in [1.82, 2.24) is 20.9 Å². The van der Waals surface area contributed by atoms with E-state index in [1.165, 1.54) is 56.4 Å². The normalized spacial score (nSPS) is 20.7. The molecule has 2 fully saturated rings. The number of hydrogen-bond acceptors (Lipinski definition) is 3. The van der Waals surface area contributed by atoms with E-state index in [1.54, 1.807) is 0 Å². The molecule has 1 aliphatic carbocycles. The van der Waals surface area contributed by atoms with Crippen molar-refractivity contribution in [1.29, 1.82) is 0 Å². The summed E-state index contributed by atoms with van der Waals surface area (Å²) in [5, 5.41) is 8.40. The highest BCUT2D eigenvalue weighted by molar-refractivity contribution is 5.94. The first-order valence-corrected chi connectivity index (χ1v) is 10.4. The topological polar surface area (TPSA) is 73.5 Å². The van der Waals surface area contributed by atoms with Gasteiger partial charge in [-0.3, -0.25) is 4.79 Å². The minimum absolute atomic E-state index is 0.202. The number of nitrogens with zero attached hydrogens (tertiary/aromatic N) is 1. The fraction of sp³-hybridized carbons (Fsp3) is 0.619. The Kier molecular flexibility index (Phi) is 7.65. The van der Waals surface area contributed by atoms with Gasteiger partial charge in [-0.2, -0.15) is 0 Å². The Balaban J connectivity index is 1.26. The summed E-state index contributed by atoms with van der Waals surface area (Å²) in [5.74, 6) is -0.138. The highest BCUT2D eigenvalue weighted by Gasteiger charge is 2.29. The fourth-order valence-electron chi connectivity index (χ4n) is 4.16. The van der Waals surface area contributed by atoms with Gasteiger partial charge in [0.15, 0.2) is 0 Å². The average molecular weight is 391 g/mol. The van der Waals surface area contributed by atoms with Crippen molar-refractivity contribution in [2.45, 2.75) is 44.6 Å². The molecule has 0 radical (unpaired) electrons. The Morgan fingerprint density at radius 2 is 1.68 bits per heavy atom. The molecule has 0 bridgehead atoms. The molecule has 1 aliphatic heterocycles. The molecule has 7 heteroatoms. The van der Waals surface area contributed by atoms with E-state index in [0.717, 1.165) is 25.6 Å². The molecule has 1 heterocycles. The number of rotatable bonds is 7. The lowest BCUT2D eigenvalue weighted by Gasteiger charge is -2.31. The van der Waals surface area contributed by atoms with Crippen LogP contribution in [0, 0.1) is 11.7 Å². The number of halogens is 1. The largest absolute Gasteiger partial charge is 0.350 e. The third-order valence-corrected chi connectivity index (χ3v) is 5.76. The molecule has 3 N–H and O–H groups in total.